The fraction of sp³-hybridized carbons (Fsp3) is 0.192. The van der Waals surface area contributed by atoms with Gasteiger partial charge in [0.1, 0.15) is 18.1 Å². The second-order valence-corrected chi connectivity index (χ2v) is 8.52. The number of amides is 1. The van der Waals surface area contributed by atoms with Crippen LogP contribution in [0.4, 0.5) is 13.2 Å². The summed E-state index contributed by atoms with van der Waals surface area (Å²) in [6.45, 7) is 1.01. The van der Waals surface area contributed by atoms with E-state index in [1.54, 1.807) is 31.3 Å². The lowest BCUT2D eigenvalue weighted by Gasteiger charge is -2.19. The second kappa shape index (κ2) is 9.03. The van der Waals surface area contributed by atoms with Gasteiger partial charge in [-0.2, -0.15) is 0 Å². The number of ether oxygens (including phenoxy) is 1. The van der Waals surface area contributed by atoms with Crippen molar-refractivity contribution in [3.05, 3.63) is 100 Å². The van der Waals surface area contributed by atoms with Gasteiger partial charge in [0.05, 0.1) is 23.2 Å². The van der Waals surface area contributed by atoms with Gasteiger partial charge in [-0.25, -0.2) is 18.2 Å². The molecule has 36 heavy (non-hydrogen) atoms. The molecule has 0 radical (unpaired) electrons. The smallest absolute Gasteiger partial charge is 0.309 e. The minimum absolute atomic E-state index is 0.123. The van der Waals surface area contributed by atoms with Gasteiger partial charge in [-0.05, 0) is 48.7 Å². The predicted molar refractivity (Wildman–Crippen MR) is 122 cm³/mol. The Balaban J connectivity index is 1.45. The highest BCUT2D eigenvalue weighted by Crippen LogP contribution is 2.36. The molecular weight excluding hydrogens is 475 g/mol. The molecule has 7 nitrogen and oxygen atoms in total. The van der Waals surface area contributed by atoms with Crippen LogP contribution in [0.15, 0.2) is 54.7 Å². The molecule has 2 aromatic carbocycles. The van der Waals surface area contributed by atoms with Crippen LogP contribution in [0.1, 0.15) is 38.9 Å². The number of hydrogen-bond acceptors (Lipinski definition) is 4. The van der Waals surface area contributed by atoms with E-state index in [4.69, 9.17) is 4.74 Å². The second-order valence-electron chi connectivity index (χ2n) is 8.52. The first kappa shape index (κ1) is 23.4. The number of aryl methyl sites for hydroxylation is 1. The largest absolute Gasteiger partial charge is 0.485 e. The minimum Gasteiger partial charge on any atom is -0.485 e. The Morgan fingerprint density at radius 3 is 2.64 bits per heavy atom. The molecule has 1 aliphatic carbocycles. The van der Waals surface area contributed by atoms with E-state index in [0.717, 1.165) is 17.2 Å². The van der Waals surface area contributed by atoms with Crippen molar-refractivity contribution in [2.75, 3.05) is 0 Å². The third kappa shape index (κ3) is 3.94. The van der Waals surface area contributed by atoms with E-state index < -0.39 is 53.5 Å². The molecule has 2 aromatic heterocycles. The molecule has 0 saturated carbocycles. The summed E-state index contributed by atoms with van der Waals surface area (Å²) in [5.41, 5.74) is 1.74. The number of imidazole rings is 1. The van der Waals surface area contributed by atoms with Crippen LogP contribution in [0.5, 0.6) is 5.75 Å². The molecular formula is C26H20F3N3O4. The van der Waals surface area contributed by atoms with Gasteiger partial charge in [-0.15, -0.1) is 0 Å². The number of aliphatic carboxylic acids is 1. The highest BCUT2D eigenvalue weighted by atomic mass is 19.2. The topological polar surface area (TPSA) is 92.9 Å². The summed E-state index contributed by atoms with van der Waals surface area (Å²) in [5.74, 6) is -5.74. The number of carboxylic acid groups (broad SMARTS) is 1. The third-order valence-electron chi connectivity index (χ3n) is 6.35. The summed E-state index contributed by atoms with van der Waals surface area (Å²) in [6, 6.07) is 11.1. The van der Waals surface area contributed by atoms with Gasteiger partial charge in [0, 0.05) is 6.20 Å². The van der Waals surface area contributed by atoms with Crippen LogP contribution in [-0.2, 0) is 17.8 Å². The van der Waals surface area contributed by atoms with E-state index >= 15 is 0 Å². The first-order chi connectivity index (χ1) is 17.3. The van der Waals surface area contributed by atoms with Crippen LogP contribution in [0.25, 0.3) is 5.65 Å². The quantitative estimate of drug-likeness (QED) is 0.388. The molecule has 2 N–H and O–H groups in total. The van der Waals surface area contributed by atoms with Crippen molar-refractivity contribution in [3.63, 3.8) is 0 Å². The molecule has 10 heteroatoms. The van der Waals surface area contributed by atoms with Gasteiger partial charge in [0.2, 0.25) is 0 Å². The van der Waals surface area contributed by atoms with Crippen molar-refractivity contribution in [1.82, 2.24) is 14.7 Å². The van der Waals surface area contributed by atoms with Crippen LogP contribution >= 0.6 is 0 Å². The average Bonchev–Trinajstić information content (AvgIpc) is 3.39. The van der Waals surface area contributed by atoms with E-state index in [0.29, 0.717) is 18.2 Å². The monoisotopic (exact) mass is 495 g/mol. The normalized spacial score (nSPS) is 16.7. The van der Waals surface area contributed by atoms with Crippen molar-refractivity contribution in [2.24, 2.45) is 5.92 Å². The summed E-state index contributed by atoms with van der Waals surface area (Å²) in [7, 11) is 0. The maximum atomic E-state index is 14.0. The molecule has 4 aromatic rings. The van der Waals surface area contributed by atoms with Crippen LogP contribution in [-0.4, -0.2) is 26.4 Å². The lowest BCUT2D eigenvalue weighted by Crippen LogP contribution is -2.35. The van der Waals surface area contributed by atoms with Crippen LogP contribution < -0.4 is 10.1 Å². The number of hydrogen-bond donors (Lipinski definition) is 2. The molecule has 2 atom stereocenters. The maximum Gasteiger partial charge on any atom is 0.309 e. The molecule has 1 amide bonds. The lowest BCUT2D eigenvalue weighted by atomic mass is 10.0. The third-order valence-corrected chi connectivity index (χ3v) is 6.35. The Morgan fingerprint density at radius 2 is 1.86 bits per heavy atom. The van der Waals surface area contributed by atoms with Crippen LogP contribution in [0, 0.1) is 30.3 Å². The number of nitrogens with one attached hydrogen (secondary N) is 1. The number of halogens is 3. The zero-order chi connectivity index (χ0) is 25.6. The number of pyridine rings is 1. The molecule has 0 unspecified atom stereocenters. The number of aromatic nitrogens is 2. The average molecular weight is 495 g/mol. The van der Waals surface area contributed by atoms with Gasteiger partial charge in [-0.1, -0.05) is 24.3 Å². The standard InChI is InChI=1S/C26H20F3N3O4/c1-13-23(25(33)31-22-15-6-3-2-5-14(15)11-16(22)26(34)35)32-10-4-7-20(24(32)30-13)36-12-17-18(27)8-9-19(28)21(17)29/h2-10,16,22H,11-12H2,1H3,(H,31,33)(H,34,35)/t16-,22-/m1/s1. The van der Waals surface area contributed by atoms with E-state index in [-0.39, 0.29) is 17.1 Å². The van der Waals surface area contributed by atoms with Crippen molar-refractivity contribution >= 4 is 17.5 Å². The number of rotatable bonds is 6. The zero-order valence-corrected chi connectivity index (χ0v) is 19.0. The molecule has 0 spiro atoms. The summed E-state index contributed by atoms with van der Waals surface area (Å²) in [4.78, 5) is 29.6. The summed E-state index contributed by atoms with van der Waals surface area (Å²) in [5, 5.41) is 12.5. The highest BCUT2D eigenvalue weighted by molar-refractivity contribution is 5.95. The lowest BCUT2D eigenvalue weighted by molar-refractivity contribution is -0.142. The Morgan fingerprint density at radius 1 is 1.11 bits per heavy atom. The maximum absolute atomic E-state index is 14.0. The Bertz CT molecular complexity index is 1520. The molecule has 5 rings (SSSR count). The molecule has 1 aliphatic rings. The van der Waals surface area contributed by atoms with Gasteiger partial charge < -0.3 is 15.2 Å². The number of carboxylic acids is 1. The van der Waals surface area contributed by atoms with E-state index in [1.165, 1.54) is 10.5 Å². The Kier molecular flexibility index (Phi) is 5.87. The predicted octanol–water partition coefficient (Wildman–Crippen LogP) is 4.37. The van der Waals surface area contributed by atoms with Crippen molar-refractivity contribution in [2.45, 2.75) is 26.0 Å². The SMILES string of the molecule is Cc1nc2c(OCc3c(F)ccc(F)c3F)cccn2c1C(=O)N[C@@H]1c2ccccc2C[C@H]1C(=O)O. The van der Waals surface area contributed by atoms with Gasteiger partial charge in [0.15, 0.2) is 23.0 Å². The number of carbonyl (C=O) groups excluding carboxylic acids is 1. The summed E-state index contributed by atoms with van der Waals surface area (Å²) >= 11 is 0. The van der Waals surface area contributed by atoms with Gasteiger partial charge >= 0.3 is 5.97 Å². The summed E-state index contributed by atoms with van der Waals surface area (Å²) < 4.78 is 48.6. The van der Waals surface area contributed by atoms with Crippen molar-refractivity contribution in [3.8, 4) is 5.75 Å². The highest BCUT2D eigenvalue weighted by Gasteiger charge is 2.38. The van der Waals surface area contributed by atoms with Gasteiger partial charge in [0.25, 0.3) is 5.91 Å². The van der Waals surface area contributed by atoms with Gasteiger partial charge in [-0.3, -0.25) is 14.0 Å². The fourth-order valence-corrected chi connectivity index (χ4v) is 4.61. The number of benzene rings is 2. The molecule has 0 aliphatic heterocycles. The number of fused-ring (bicyclic) bond motifs is 2. The fourth-order valence-electron chi connectivity index (χ4n) is 4.61. The first-order valence-corrected chi connectivity index (χ1v) is 11.1. The van der Waals surface area contributed by atoms with E-state index in [2.05, 4.69) is 10.3 Å². The number of nitrogens with zero attached hydrogens (tertiary/aromatic N) is 2. The van der Waals surface area contributed by atoms with Crippen molar-refractivity contribution < 1.29 is 32.6 Å². The molecule has 184 valence electrons. The Labute approximate surface area is 203 Å². The van der Waals surface area contributed by atoms with Crippen molar-refractivity contribution in [1.29, 1.82) is 0 Å². The molecule has 0 bridgehead atoms. The van der Waals surface area contributed by atoms with E-state index in [9.17, 15) is 27.9 Å². The number of carbonyl (C=O) groups is 2. The van der Waals surface area contributed by atoms with E-state index in [1.807, 2.05) is 12.1 Å². The minimum atomic E-state index is -1.34. The summed E-state index contributed by atoms with van der Waals surface area (Å²) in [6.07, 6.45) is 1.87. The Hall–Kier alpha value is -4.34. The zero-order valence-electron chi connectivity index (χ0n) is 19.0. The first-order valence-electron chi connectivity index (χ1n) is 11.1. The molecule has 0 fully saturated rings. The van der Waals surface area contributed by atoms with Crippen LogP contribution in [0.3, 0.4) is 0 Å². The van der Waals surface area contributed by atoms with Crippen LogP contribution in [0.2, 0.25) is 0 Å². The molecule has 2 heterocycles. The molecule has 0 saturated heterocycles.